The van der Waals surface area contributed by atoms with Crippen LogP contribution in [0.5, 0.6) is 0 Å². The lowest BCUT2D eigenvalue weighted by Gasteiger charge is -2.16. The average molecular weight is 240 g/mol. The first-order chi connectivity index (χ1) is 8.86. The first-order valence-corrected chi connectivity index (χ1v) is 6.96. The molecule has 2 aromatic rings. The minimum atomic E-state index is 0.647. The third-order valence-electron chi connectivity index (χ3n) is 4.16. The molecule has 2 heteroatoms. The Labute approximate surface area is 108 Å². The molecule has 18 heavy (non-hydrogen) atoms. The van der Waals surface area contributed by atoms with Crippen molar-refractivity contribution in [1.82, 2.24) is 4.98 Å². The van der Waals surface area contributed by atoms with E-state index in [4.69, 9.17) is 0 Å². The van der Waals surface area contributed by atoms with Gasteiger partial charge in [0.25, 0.3) is 0 Å². The van der Waals surface area contributed by atoms with Gasteiger partial charge < -0.3 is 5.32 Å². The number of benzene rings is 1. The van der Waals surface area contributed by atoms with Crippen LogP contribution in [-0.4, -0.2) is 11.0 Å². The molecule has 3 rings (SSSR count). The number of aromatic nitrogens is 1. The molecule has 2 nitrogen and oxygen atoms in total. The molecule has 0 aliphatic heterocycles. The van der Waals surface area contributed by atoms with Crippen molar-refractivity contribution >= 4 is 16.5 Å². The molecule has 1 aromatic carbocycles. The van der Waals surface area contributed by atoms with E-state index in [1.807, 2.05) is 12.4 Å². The maximum Gasteiger partial charge on any atom is 0.0423 e. The summed E-state index contributed by atoms with van der Waals surface area (Å²) in [6, 6.07) is 9.16. The highest BCUT2D eigenvalue weighted by Gasteiger charge is 2.23. The zero-order valence-electron chi connectivity index (χ0n) is 10.9. The van der Waals surface area contributed by atoms with Crippen LogP contribution in [0.1, 0.15) is 32.6 Å². The van der Waals surface area contributed by atoms with Gasteiger partial charge in [-0.25, -0.2) is 0 Å². The van der Waals surface area contributed by atoms with Gasteiger partial charge in [0, 0.05) is 34.9 Å². The molecule has 1 heterocycles. The number of anilines is 1. The molecule has 1 N–H and O–H groups in total. The van der Waals surface area contributed by atoms with Crippen LogP contribution in [0.25, 0.3) is 10.8 Å². The fourth-order valence-electron chi connectivity index (χ4n) is 3.05. The number of nitrogens with zero attached hydrogens (tertiary/aromatic N) is 1. The van der Waals surface area contributed by atoms with Crippen LogP contribution in [0.15, 0.2) is 36.7 Å². The maximum atomic E-state index is 4.18. The Morgan fingerprint density at radius 3 is 3.06 bits per heavy atom. The van der Waals surface area contributed by atoms with Crippen LogP contribution in [0.4, 0.5) is 5.69 Å². The van der Waals surface area contributed by atoms with Gasteiger partial charge in [-0.15, -0.1) is 0 Å². The molecule has 0 bridgehead atoms. The molecule has 1 aromatic heterocycles. The van der Waals surface area contributed by atoms with E-state index in [0.717, 1.165) is 5.92 Å². The number of nitrogens with one attached hydrogen (secondary N) is 1. The van der Waals surface area contributed by atoms with E-state index in [2.05, 4.69) is 41.5 Å². The molecule has 0 radical (unpaired) electrons. The van der Waals surface area contributed by atoms with Crippen molar-refractivity contribution in [3.63, 3.8) is 0 Å². The van der Waals surface area contributed by atoms with Crippen LogP contribution >= 0.6 is 0 Å². The zero-order chi connectivity index (χ0) is 12.4. The quantitative estimate of drug-likeness (QED) is 0.868. The second-order valence-electron chi connectivity index (χ2n) is 5.33. The van der Waals surface area contributed by atoms with Gasteiger partial charge in [0.1, 0.15) is 0 Å². The van der Waals surface area contributed by atoms with Crippen molar-refractivity contribution in [2.75, 3.05) is 5.32 Å². The summed E-state index contributed by atoms with van der Waals surface area (Å²) in [6.07, 6.45) is 9.12. The lowest BCUT2D eigenvalue weighted by molar-refractivity contribution is 0.525. The lowest BCUT2D eigenvalue weighted by atomic mass is 10.1. The second kappa shape index (κ2) is 4.97. The summed E-state index contributed by atoms with van der Waals surface area (Å²) < 4.78 is 0. The van der Waals surface area contributed by atoms with Gasteiger partial charge >= 0.3 is 0 Å². The lowest BCUT2D eigenvalue weighted by Crippen LogP contribution is -2.15. The van der Waals surface area contributed by atoms with Crippen molar-refractivity contribution in [1.29, 1.82) is 0 Å². The summed E-state index contributed by atoms with van der Waals surface area (Å²) in [5, 5.41) is 6.22. The Morgan fingerprint density at radius 2 is 2.22 bits per heavy atom. The predicted octanol–water partition coefficient (Wildman–Crippen LogP) is 4.23. The molecular weight excluding hydrogens is 220 g/mol. The van der Waals surface area contributed by atoms with E-state index in [1.165, 1.54) is 42.1 Å². The van der Waals surface area contributed by atoms with Crippen LogP contribution in [0.3, 0.4) is 0 Å². The number of fused-ring (bicyclic) bond motifs is 1. The van der Waals surface area contributed by atoms with E-state index in [1.54, 1.807) is 0 Å². The SMILES string of the molecule is CCC1CCC(Nc2cccc3cnccc23)C1. The summed E-state index contributed by atoms with van der Waals surface area (Å²) in [6.45, 7) is 2.30. The Morgan fingerprint density at radius 1 is 1.28 bits per heavy atom. The Balaban J connectivity index is 1.83. The minimum absolute atomic E-state index is 0.647. The van der Waals surface area contributed by atoms with Crippen LogP contribution in [-0.2, 0) is 0 Å². The van der Waals surface area contributed by atoms with E-state index in [0.29, 0.717) is 6.04 Å². The third-order valence-corrected chi connectivity index (χ3v) is 4.16. The van der Waals surface area contributed by atoms with Crippen molar-refractivity contribution in [2.45, 2.75) is 38.6 Å². The largest absolute Gasteiger partial charge is 0.382 e. The van der Waals surface area contributed by atoms with E-state index >= 15 is 0 Å². The molecule has 94 valence electrons. The normalized spacial score (nSPS) is 23.4. The zero-order valence-corrected chi connectivity index (χ0v) is 10.9. The van der Waals surface area contributed by atoms with Gasteiger partial charge in [-0.05, 0) is 37.3 Å². The minimum Gasteiger partial charge on any atom is -0.382 e. The summed E-state index contributed by atoms with van der Waals surface area (Å²) in [5.41, 5.74) is 1.26. The molecule has 1 fully saturated rings. The van der Waals surface area contributed by atoms with Crippen molar-refractivity contribution in [3.8, 4) is 0 Å². The number of rotatable bonds is 3. The summed E-state index contributed by atoms with van der Waals surface area (Å²) in [4.78, 5) is 4.18. The Kier molecular flexibility index (Phi) is 3.18. The topological polar surface area (TPSA) is 24.9 Å². The first kappa shape index (κ1) is 11.5. The smallest absolute Gasteiger partial charge is 0.0423 e. The highest BCUT2D eigenvalue weighted by atomic mass is 14.9. The van der Waals surface area contributed by atoms with Gasteiger partial charge in [0.15, 0.2) is 0 Å². The van der Waals surface area contributed by atoms with E-state index in [9.17, 15) is 0 Å². The molecule has 1 saturated carbocycles. The monoisotopic (exact) mass is 240 g/mol. The third kappa shape index (κ3) is 2.20. The van der Waals surface area contributed by atoms with Crippen LogP contribution in [0.2, 0.25) is 0 Å². The fourth-order valence-corrected chi connectivity index (χ4v) is 3.05. The molecule has 2 unspecified atom stereocenters. The molecule has 0 saturated heterocycles. The molecule has 2 atom stereocenters. The molecular formula is C16H20N2. The van der Waals surface area contributed by atoms with Gasteiger partial charge in [-0.3, -0.25) is 4.98 Å². The highest BCUT2D eigenvalue weighted by Crippen LogP contribution is 2.32. The molecule has 1 aliphatic rings. The van der Waals surface area contributed by atoms with Crippen LogP contribution < -0.4 is 5.32 Å². The van der Waals surface area contributed by atoms with Gasteiger partial charge in [-0.1, -0.05) is 25.5 Å². The highest BCUT2D eigenvalue weighted by molar-refractivity contribution is 5.93. The Hall–Kier alpha value is -1.57. The van der Waals surface area contributed by atoms with Crippen molar-refractivity contribution in [2.24, 2.45) is 5.92 Å². The fraction of sp³-hybridized carbons (Fsp3) is 0.438. The van der Waals surface area contributed by atoms with Gasteiger partial charge in [0.2, 0.25) is 0 Å². The first-order valence-electron chi connectivity index (χ1n) is 6.96. The second-order valence-corrected chi connectivity index (χ2v) is 5.33. The van der Waals surface area contributed by atoms with Gasteiger partial charge in [-0.2, -0.15) is 0 Å². The number of hydrogen-bond donors (Lipinski definition) is 1. The summed E-state index contributed by atoms with van der Waals surface area (Å²) in [5.74, 6) is 0.916. The molecule has 0 amide bonds. The number of hydrogen-bond acceptors (Lipinski definition) is 2. The van der Waals surface area contributed by atoms with E-state index < -0.39 is 0 Å². The number of pyridine rings is 1. The van der Waals surface area contributed by atoms with Gasteiger partial charge in [0.05, 0.1) is 0 Å². The molecule has 1 aliphatic carbocycles. The van der Waals surface area contributed by atoms with E-state index in [-0.39, 0.29) is 0 Å². The Bertz CT molecular complexity index is 530. The summed E-state index contributed by atoms with van der Waals surface area (Å²) >= 11 is 0. The molecule has 0 spiro atoms. The predicted molar refractivity (Wildman–Crippen MR) is 76.8 cm³/mol. The summed E-state index contributed by atoms with van der Waals surface area (Å²) in [7, 11) is 0. The maximum absolute atomic E-state index is 4.18. The standard InChI is InChI=1S/C16H20N2/c1-2-12-6-7-14(10-12)18-16-5-3-4-13-11-17-9-8-15(13)16/h3-5,8-9,11-12,14,18H,2,6-7,10H2,1H3. The van der Waals surface area contributed by atoms with Crippen LogP contribution in [0, 0.1) is 5.92 Å². The van der Waals surface area contributed by atoms with Crippen molar-refractivity contribution in [3.05, 3.63) is 36.7 Å². The average Bonchev–Trinajstić information content (AvgIpc) is 2.87. The van der Waals surface area contributed by atoms with Crippen molar-refractivity contribution < 1.29 is 0 Å².